The van der Waals surface area contributed by atoms with Crippen LogP contribution < -0.4 is 0 Å². The zero-order valence-corrected chi connectivity index (χ0v) is 11.1. The van der Waals surface area contributed by atoms with Crippen LogP contribution in [0.25, 0.3) is 0 Å². The molecule has 2 heterocycles. The van der Waals surface area contributed by atoms with E-state index in [1.807, 2.05) is 0 Å². The van der Waals surface area contributed by atoms with Gasteiger partial charge in [0, 0.05) is 5.57 Å². The monoisotopic (exact) mass is 286 g/mol. The minimum atomic E-state index is -1.02. The molecule has 8 nitrogen and oxygen atoms in total. The van der Waals surface area contributed by atoms with E-state index in [-0.39, 0.29) is 31.4 Å². The number of carbonyl (C=O) groups excluding carboxylic acids is 1. The second kappa shape index (κ2) is 5.78. The lowest BCUT2D eigenvalue weighted by Gasteiger charge is -2.22. The van der Waals surface area contributed by atoms with Crippen LogP contribution in [0.3, 0.4) is 0 Å². The van der Waals surface area contributed by atoms with Gasteiger partial charge < -0.3 is 24.4 Å². The number of esters is 1. The lowest BCUT2D eigenvalue weighted by atomic mass is 10.1. The number of ether oxygens (including phenoxy) is 3. The molecule has 112 valence electrons. The van der Waals surface area contributed by atoms with Crippen LogP contribution in [0, 0.1) is 5.41 Å². The largest absolute Gasteiger partial charge is 0.463 e. The highest BCUT2D eigenvalue weighted by Gasteiger charge is 2.53. The van der Waals surface area contributed by atoms with Crippen LogP contribution in [0.2, 0.25) is 0 Å². The van der Waals surface area contributed by atoms with Crippen LogP contribution in [-0.4, -0.2) is 71.4 Å². The van der Waals surface area contributed by atoms with E-state index in [0.717, 1.165) is 0 Å². The molecule has 0 aliphatic carbocycles. The molecule has 20 heavy (non-hydrogen) atoms. The van der Waals surface area contributed by atoms with Crippen molar-refractivity contribution in [3.63, 3.8) is 0 Å². The Bertz CT molecular complexity index is 426. The third-order valence-electron chi connectivity index (χ3n) is 3.23. The number of hydrogen-bond donors (Lipinski definition) is 3. The second-order valence-electron chi connectivity index (χ2n) is 4.58. The molecule has 0 spiro atoms. The SMILES string of the molecule is C=C(CN1C(=N)OC2C1O[C@@H](CO)[C@@H]2O)C(=O)OCC. The number of aliphatic hydroxyl groups is 2. The predicted octanol–water partition coefficient (Wildman–Crippen LogP) is -1.18. The summed E-state index contributed by atoms with van der Waals surface area (Å²) in [7, 11) is 0. The fourth-order valence-electron chi connectivity index (χ4n) is 2.22. The third kappa shape index (κ3) is 2.49. The van der Waals surface area contributed by atoms with E-state index >= 15 is 0 Å². The summed E-state index contributed by atoms with van der Waals surface area (Å²) in [6, 6.07) is -0.208. The second-order valence-corrected chi connectivity index (χ2v) is 4.58. The summed E-state index contributed by atoms with van der Waals surface area (Å²) in [5, 5.41) is 26.7. The van der Waals surface area contributed by atoms with Crippen LogP contribution in [0.5, 0.6) is 0 Å². The number of amidine groups is 1. The summed E-state index contributed by atoms with van der Waals surface area (Å²) in [5.74, 6) is -0.555. The number of carbonyl (C=O) groups is 1. The first-order valence-corrected chi connectivity index (χ1v) is 6.30. The number of hydrogen-bond acceptors (Lipinski definition) is 7. The maximum absolute atomic E-state index is 11.5. The molecule has 8 heteroatoms. The molecule has 0 saturated carbocycles. The van der Waals surface area contributed by atoms with Crippen molar-refractivity contribution in [3.8, 4) is 0 Å². The van der Waals surface area contributed by atoms with E-state index < -0.39 is 30.5 Å². The Morgan fingerprint density at radius 3 is 2.90 bits per heavy atom. The van der Waals surface area contributed by atoms with Crippen LogP contribution >= 0.6 is 0 Å². The first-order valence-electron chi connectivity index (χ1n) is 6.30. The number of fused-ring (bicyclic) bond motifs is 1. The lowest BCUT2D eigenvalue weighted by Crippen LogP contribution is -2.39. The average molecular weight is 286 g/mol. The summed E-state index contributed by atoms with van der Waals surface area (Å²) < 4.78 is 15.5. The van der Waals surface area contributed by atoms with Crippen LogP contribution in [0.4, 0.5) is 0 Å². The van der Waals surface area contributed by atoms with E-state index in [2.05, 4.69) is 6.58 Å². The molecule has 0 amide bonds. The number of rotatable bonds is 5. The van der Waals surface area contributed by atoms with Gasteiger partial charge in [0.05, 0.1) is 19.8 Å². The normalized spacial score (nSPS) is 31.9. The quantitative estimate of drug-likeness (QED) is 0.430. The molecule has 3 N–H and O–H groups in total. The first-order chi connectivity index (χ1) is 9.49. The maximum Gasteiger partial charge on any atom is 0.335 e. The van der Waals surface area contributed by atoms with Gasteiger partial charge in [-0.1, -0.05) is 6.58 Å². The van der Waals surface area contributed by atoms with Gasteiger partial charge in [-0.2, -0.15) is 0 Å². The molecular weight excluding hydrogens is 268 g/mol. The van der Waals surface area contributed by atoms with Crippen LogP contribution in [0.15, 0.2) is 12.2 Å². The Morgan fingerprint density at radius 1 is 1.60 bits per heavy atom. The molecule has 2 aliphatic rings. The zero-order chi connectivity index (χ0) is 14.9. The molecule has 2 saturated heterocycles. The molecule has 0 aromatic carbocycles. The highest BCUT2D eigenvalue weighted by molar-refractivity contribution is 5.89. The molecule has 2 fully saturated rings. The van der Waals surface area contributed by atoms with Crippen molar-refractivity contribution < 1.29 is 29.2 Å². The smallest absolute Gasteiger partial charge is 0.335 e. The van der Waals surface area contributed by atoms with Crippen molar-refractivity contribution in [1.82, 2.24) is 4.90 Å². The fraction of sp³-hybridized carbons (Fsp3) is 0.667. The zero-order valence-electron chi connectivity index (χ0n) is 11.1. The number of aliphatic hydroxyl groups excluding tert-OH is 2. The molecule has 0 aromatic heterocycles. The molecular formula is C12H18N2O6. The van der Waals surface area contributed by atoms with Crippen molar-refractivity contribution >= 4 is 12.0 Å². The van der Waals surface area contributed by atoms with E-state index in [0.29, 0.717) is 0 Å². The summed E-state index contributed by atoms with van der Waals surface area (Å²) in [4.78, 5) is 12.9. The van der Waals surface area contributed by atoms with E-state index in [1.165, 1.54) is 4.90 Å². The third-order valence-corrected chi connectivity index (χ3v) is 3.23. The first kappa shape index (κ1) is 14.8. The van der Waals surface area contributed by atoms with E-state index in [1.54, 1.807) is 6.92 Å². The highest BCUT2D eigenvalue weighted by atomic mass is 16.6. The Kier molecular flexibility index (Phi) is 4.26. The van der Waals surface area contributed by atoms with Crippen molar-refractivity contribution in [2.24, 2.45) is 0 Å². The maximum atomic E-state index is 11.5. The topological polar surface area (TPSA) is 112 Å². The summed E-state index contributed by atoms with van der Waals surface area (Å²) in [6.07, 6.45) is -3.27. The summed E-state index contributed by atoms with van der Waals surface area (Å²) in [5.41, 5.74) is 0.159. The number of nitrogens with zero attached hydrogens (tertiary/aromatic N) is 1. The molecule has 0 radical (unpaired) electrons. The van der Waals surface area contributed by atoms with Gasteiger partial charge in [-0.05, 0) is 6.92 Å². The average Bonchev–Trinajstić information content (AvgIpc) is 2.88. The van der Waals surface area contributed by atoms with Gasteiger partial charge in [0.2, 0.25) is 0 Å². The van der Waals surface area contributed by atoms with Gasteiger partial charge in [-0.25, -0.2) is 4.79 Å². The van der Waals surface area contributed by atoms with Gasteiger partial charge in [0.25, 0.3) is 6.02 Å². The van der Waals surface area contributed by atoms with Gasteiger partial charge >= 0.3 is 5.97 Å². The minimum absolute atomic E-state index is 0.00367. The van der Waals surface area contributed by atoms with Crippen LogP contribution in [0.1, 0.15) is 6.92 Å². The molecule has 2 aliphatic heterocycles. The van der Waals surface area contributed by atoms with Gasteiger partial charge in [-0.3, -0.25) is 10.3 Å². The van der Waals surface area contributed by atoms with Crippen LogP contribution in [-0.2, 0) is 19.0 Å². The summed E-state index contributed by atoms with van der Waals surface area (Å²) in [6.45, 7) is 5.18. The molecule has 2 rings (SSSR count). The van der Waals surface area contributed by atoms with E-state index in [4.69, 9.17) is 24.7 Å². The minimum Gasteiger partial charge on any atom is -0.463 e. The van der Waals surface area contributed by atoms with Crippen molar-refractivity contribution in [3.05, 3.63) is 12.2 Å². The van der Waals surface area contributed by atoms with Crippen molar-refractivity contribution in [1.29, 1.82) is 5.41 Å². The molecule has 2 unspecified atom stereocenters. The predicted molar refractivity (Wildman–Crippen MR) is 66.8 cm³/mol. The van der Waals surface area contributed by atoms with E-state index in [9.17, 15) is 9.90 Å². The summed E-state index contributed by atoms with van der Waals surface area (Å²) >= 11 is 0. The number of nitrogens with one attached hydrogen (secondary N) is 1. The fourth-order valence-corrected chi connectivity index (χ4v) is 2.22. The standard InChI is InChI=1S/C12H18N2O6/c1-3-18-11(17)6(2)4-14-10-9(20-12(14)13)8(16)7(5-15)19-10/h7-10,13,15-16H,2-5H2,1H3/t7-,8-,9?,10?/m0/s1. The van der Waals surface area contributed by atoms with Gasteiger partial charge in [-0.15, -0.1) is 0 Å². The molecule has 0 bridgehead atoms. The van der Waals surface area contributed by atoms with Gasteiger partial charge in [0.1, 0.15) is 12.2 Å². The Balaban J connectivity index is 2.03. The highest BCUT2D eigenvalue weighted by Crippen LogP contribution is 2.32. The Labute approximate surface area is 116 Å². The molecule has 4 atom stereocenters. The Hall–Kier alpha value is -1.64. The van der Waals surface area contributed by atoms with Crippen molar-refractivity contribution in [2.45, 2.75) is 31.5 Å². The van der Waals surface area contributed by atoms with Crippen molar-refractivity contribution in [2.75, 3.05) is 19.8 Å². The lowest BCUT2D eigenvalue weighted by molar-refractivity contribution is -0.138. The Morgan fingerprint density at radius 2 is 2.30 bits per heavy atom. The van der Waals surface area contributed by atoms with Gasteiger partial charge in [0.15, 0.2) is 12.3 Å². The molecule has 0 aromatic rings.